The molecule has 0 spiro atoms. The topological polar surface area (TPSA) is 12.0 Å². The van der Waals surface area contributed by atoms with E-state index in [9.17, 15) is 4.39 Å². The summed E-state index contributed by atoms with van der Waals surface area (Å²) in [6, 6.07) is 5.22. The zero-order valence-electron chi connectivity index (χ0n) is 10.4. The van der Waals surface area contributed by atoms with Gasteiger partial charge in [-0.1, -0.05) is 28.4 Å². The molecule has 0 amide bonds. The summed E-state index contributed by atoms with van der Waals surface area (Å²) in [4.78, 5) is 0. The molecule has 0 aliphatic rings. The molecule has 0 aliphatic heterocycles. The summed E-state index contributed by atoms with van der Waals surface area (Å²) in [5, 5.41) is 3.38. The predicted molar refractivity (Wildman–Crippen MR) is 74.6 cm³/mol. The zero-order chi connectivity index (χ0) is 12.8. The van der Waals surface area contributed by atoms with Gasteiger partial charge in [0, 0.05) is 10.5 Å². The highest BCUT2D eigenvalue weighted by Crippen LogP contribution is 2.24. The van der Waals surface area contributed by atoms with Gasteiger partial charge in [-0.05, 0) is 50.1 Å². The largest absolute Gasteiger partial charge is 0.310 e. The summed E-state index contributed by atoms with van der Waals surface area (Å²) in [6.07, 6.45) is 1.89. The van der Waals surface area contributed by atoms with E-state index in [0.29, 0.717) is 0 Å². The fourth-order valence-electron chi connectivity index (χ4n) is 1.80. The first-order chi connectivity index (χ1) is 8.02. The Balaban J connectivity index is 2.84. The number of halogens is 2. The van der Waals surface area contributed by atoms with Crippen molar-refractivity contribution in [2.24, 2.45) is 0 Å². The highest BCUT2D eigenvalue weighted by atomic mass is 79.9. The Bertz CT molecular complexity index is 370. The van der Waals surface area contributed by atoms with Gasteiger partial charge in [0.05, 0.1) is 0 Å². The van der Waals surface area contributed by atoms with E-state index in [1.807, 2.05) is 13.0 Å². The number of rotatable bonds is 6. The highest BCUT2D eigenvalue weighted by Gasteiger charge is 2.11. The first kappa shape index (κ1) is 14.4. The minimum atomic E-state index is -0.201. The van der Waals surface area contributed by atoms with Gasteiger partial charge in [-0.25, -0.2) is 4.39 Å². The molecule has 1 rings (SSSR count). The van der Waals surface area contributed by atoms with Gasteiger partial charge >= 0.3 is 0 Å². The maximum Gasteiger partial charge on any atom is 0.124 e. The molecule has 0 saturated heterocycles. The molecule has 1 unspecified atom stereocenters. The van der Waals surface area contributed by atoms with Crippen LogP contribution in [0.5, 0.6) is 0 Å². The van der Waals surface area contributed by atoms with Crippen molar-refractivity contribution in [3.8, 4) is 0 Å². The molecule has 0 aromatic heterocycles. The lowest BCUT2D eigenvalue weighted by Gasteiger charge is -2.19. The fourth-order valence-corrected chi connectivity index (χ4v) is 2.28. The second kappa shape index (κ2) is 6.92. The highest BCUT2D eigenvalue weighted by molar-refractivity contribution is 9.10. The minimum Gasteiger partial charge on any atom is -0.310 e. The summed E-state index contributed by atoms with van der Waals surface area (Å²) < 4.78 is 14.1. The third-order valence-electron chi connectivity index (χ3n) is 2.60. The lowest BCUT2D eigenvalue weighted by molar-refractivity contribution is 0.510. The van der Waals surface area contributed by atoms with E-state index < -0.39 is 0 Å². The van der Waals surface area contributed by atoms with Gasteiger partial charge in [0.15, 0.2) is 0 Å². The Morgan fingerprint density at radius 2 is 2.18 bits per heavy atom. The third kappa shape index (κ3) is 5.00. The molecule has 1 nitrogen and oxygen atoms in total. The second-order valence-electron chi connectivity index (χ2n) is 4.31. The summed E-state index contributed by atoms with van der Waals surface area (Å²) in [6.45, 7) is 8.85. The van der Waals surface area contributed by atoms with Crippen LogP contribution >= 0.6 is 15.9 Å². The van der Waals surface area contributed by atoms with Crippen molar-refractivity contribution in [3.63, 3.8) is 0 Å². The van der Waals surface area contributed by atoms with Crippen molar-refractivity contribution < 1.29 is 4.39 Å². The standard InChI is InChI=1S/C14H19BrFN/c1-4-17-14(6-5-10(2)3)11-7-12(15)9-13(16)8-11/h7-9,14,17H,2,4-6H2,1,3H3. The van der Waals surface area contributed by atoms with Gasteiger partial charge in [0.1, 0.15) is 5.82 Å². The molecule has 1 N–H and O–H groups in total. The summed E-state index contributed by atoms with van der Waals surface area (Å²) in [5.41, 5.74) is 2.14. The molecule has 0 saturated carbocycles. The molecular formula is C14H19BrFN. The fraction of sp³-hybridized carbons (Fsp3) is 0.429. The predicted octanol–water partition coefficient (Wildman–Crippen LogP) is 4.60. The quantitative estimate of drug-likeness (QED) is 0.757. The molecule has 0 aliphatic carbocycles. The van der Waals surface area contributed by atoms with Crippen LogP contribution in [0.4, 0.5) is 4.39 Å². The Labute approximate surface area is 111 Å². The van der Waals surface area contributed by atoms with E-state index in [1.54, 1.807) is 6.07 Å². The molecular weight excluding hydrogens is 281 g/mol. The van der Waals surface area contributed by atoms with Gasteiger partial charge in [-0.3, -0.25) is 0 Å². The van der Waals surface area contributed by atoms with Crippen LogP contribution in [0.3, 0.4) is 0 Å². The van der Waals surface area contributed by atoms with Gasteiger partial charge < -0.3 is 5.32 Å². The molecule has 0 fully saturated rings. The Kier molecular flexibility index (Phi) is 5.86. The van der Waals surface area contributed by atoms with Crippen LogP contribution in [-0.4, -0.2) is 6.54 Å². The van der Waals surface area contributed by atoms with Crippen LogP contribution in [-0.2, 0) is 0 Å². The zero-order valence-corrected chi connectivity index (χ0v) is 12.0. The van der Waals surface area contributed by atoms with Crippen LogP contribution in [0.2, 0.25) is 0 Å². The molecule has 0 bridgehead atoms. The number of nitrogens with one attached hydrogen (secondary N) is 1. The normalized spacial score (nSPS) is 12.5. The molecule has 1 aromatic rings. The number of benzene rings is 1. The number of hydrogen-bond acceptors (Lipinski definition) is 1. The van der Waals surface area contributed by atoms with E-state index >= 15 is 0 Å². The third-order valence-corrected chi connectivity index (χ3v) is 3.06. The number of hydrogen-bond donors (Lipinski definition) is 1. The number of allylic oxidation sites excluding steroid dienone is 1. The van der Waals surface area contributed by atoms with Crippen molar-refractivity contribution in [2.75, 3.05) is 6.54 Å². The van der Waals surface area contributed by atoms with E-state index in [2.05, 4.69) is 34.7 Å². The molecule has 17 heavy (non-hydrogen) atoms. The van der Waals surface area contributed by atoms with Crippen molar-refractivity contribution >= 4 is 15.9 Å². The van der Waals surface area contributed by atoms with Gasteiger partial charge in [0.25, 0.3) is 0 Å². The van der Waals surface area contributed by atoms with Crippen LogP contribution < -0.4 is 5.32 Å². The Morgan fingerprint density at radius 1 is 1.47 bits per heavy atom. The summed E-state index contributed by atoms with van der Waals surface area (Å²) >= 11 is 3.33. The molecule has 0 heterocycles. The van der Waals surface area contributed by atoms with Crippen LogP contribution in [0.15, 0.2) is 34.8 Å². The van der Waals surface area contributed by atoms with Crippen LogP contribution in [0.1, 0.15) is 38.3 Å². The van der Waals surface area contributed by atoms with Crippen LogP contribution in [0.25, 0.3) is 0 Å². The first-order valence-corrected chi connectivity index (χ1v) is 6.66. The Morgan fingerprint density at radius 3 is 2.71 bits per heavy atom. The van der Waals surface area contributed by atoms with Crippen molar-refractivity contribution in [2.45, 2.75) is 32.7 Å². The summed E-state index contributed by atoms with van der Waals surface area (Å²) in [5.74, 6) is -0.201. The molecule has 1 atom stereocenters. The van der Waals surface area contributed by atoms with Crippen molar-refractivity contribution in [3.05, 3.63) is 46.2 Å². The maximum absolute atomic E-state index is 13.4. The van der Waals surface area contributed by atoms with Crippen LogP contribution in [0, 0.1) is 5.82 Å². The molecule has 1 aromatic carbocycles. The average molecular weight is 300 g/mol. The molecule has 94 valence electrons. The lowest BCUT2D eigenvalue weighted by Crippen LogP contribution is -2.21. The monoisotopic (exact) mass is 299 g/mol. The average Bonchev–Trinajstić information content (AvgIpc) is 2.22. The van der Waals surface area contributed by atoms with E-state index in [1.165, 1.54) is 6.07 Å². The van der Waals surface area contributed by atoms with Crippen molar-refractivity contribution in [1.29, 1.82) is 0 Å². The molecule has 0 radical (unpaired) electrons. The van der Waals surface area contributed by atoms with Gasteiger partial charge in [-0.2, -0.15) is 0 Å². The smallest absolute Gasteiger partial charge is 0.124 e. The van der Waals surface area contributed by atoms with E-state index in [0.717, 1.165) is 35.0 Å². The minimum absolute atomic E-state index is 0.184. The lowest BCUT2D eigenvalue weighted by atomic mass is 10.00. The van der Waals surface area contributed by atoms with Gasteiger partial charge in [0.2, 0.25) is 0 Å². The molecule has 3 heteroatoms. The Hall–Kier alpha value is -0.670. The second-order valence-corrected chi connectivity index (χ2v) is 5.22. The summed E-state index contributed by atoms with van der Waals surface area (Å²) in [7, 11) is 0. The SMILES string of the molecule is C=C(C)CCC(NCC)c1cc(F)cc(Br)c1. The van der Waals surface area contributed by atoms with E-state index in [4.69, 9.17) is 0 Å². The maximum atomic E-state index is 13.4. The van der Waals surface area contributed by atoms with Crippen molar-refractivity contribution in [1.82, 2.24) is 5.32 Å². The van der Waals surface area contributed by atoms with Gasteiger partial charge in [-0.15, -0.1) is 6.58 Å². The van der Waals surface area contributed by atoms with E-state index in [-0.39, 0.29) is 11.9 Å². The first-order valence-electron chi connectivity index (χ1n) is 5.86.